The fourth-order valence-corrected chi connectivity index (χ4v) is 3.93. The largest absolute Gasteiger partial charge is 0.354 e. The van der Waals surface area contributed by atoms with Crippen LogP contribution >= 0.6 is 0 Å². The third-order valence-electron chi connectivity index (χ3n) is 5.40. The van der Waals surface area contributed by atoms with E-state index in [1.165, 1.54) is 4.90 Å². The van der Waals surface area contributed by atoms with Gasteiger partial charge >= 0.3 is 0 Å². The van der Waals surface area contributed by atoms with Crippen LogP contribution in [0.1, 0.15) is 31.8 Å². The molecule has 0 bridgehead atoms. The van der Waals surface area contributed by atoms with E-state index in [4.69, 9.17) is 0 Å². The first kappa shape index (κ1) is 16.5. The first-order valence-corrected chi connectivity index (χ1v) is 9.25. The number of nitrogens with zero attached hydrogens (tertiary/aromatic N) is 1. The maximum atomic E-state index is 12.6. The van der Waals surface area contributed by atoms with Crippen molar-refractivity contribution in [2.75, 3.05) is 0 Å². The number of rotatable bonds is 3. The van der Waals surface area contributed by atoms with E-state index < -0.39 is 0 Å². The number of H-pyrrole nitrogens is 1. The van der Waals surface area contributed by atoms with Gasteiger partial charge in [-0.15, -0.1) is 0 Å². The van der Waals surface area contributed by atoms with Crippen molar-refractivity contribution in [2.45, 2.75) is 13.5 Å². The van der Waals surface area contributed by atoms with Crippen molar-refractivity contribution in [3.8, 4) is 11.3 Å². The summed E-state index contributed by atoms with van der Waals surface area (Å²) >= 11 is 0. The lowest BCUT2D eigenvalue weighted by Crippen LogP contribution is -2.29. The summed E-state index contributed by atoms with van der Waals surface area (Å²) in [7, 11) is 0. The molecule has 5 rings (SSSR count). The summed E-state index contributed by atoms with van der Waals surface area (Å²) in [6.07, 6.45) is 0. The van der Waals surface area contributed by atoms with Crippen LogP contribution in [0.2, 0.25) is 0 Å². The molecule has 3 aromatic carbocycles. The number of benzene rings is 3. The van der Waals surface area contributed by atoms with Gasteiger partial charge in [0.05, 0.1) is 17.7 Å². The molecule has 1 aliphatic heterocycles. The molecule has 1 aromatic heterocycles. The fraction of sp³-hybridized carbons (Fsp3) is 0.0833. The van der Waals surface area contributed by atoms with E-state index in [0.29, 0.717) is 11.1 Å². The van der Waals surface area contributed by atoms with E-state index in [2.05, 4.69) is 30.1 Å². The number of aromatic nitrogens is 1. The highest BCUT2D eigenvalue weighted by atomic mass is 16.2. The minimum atomic E-state index is -0.225. The molecule has 0 spiro atoms. The van der Waals surface area contributed by atoms with E-state index in [1.807, 2.05) is 30.3 Å². The van der Waals surface area contributed by atoms with Crippen molar-refractivity contribution in [1.82, 2.24) is 9.88 Å². The molecular weight excluding hydrogens is 348 g/mol. The van der Waals surface area contributed by atoms with E-state index in [1.54, 1.807) is 24.3 Å². The van der Waals surface area contributed by atoms with Crippen LogP contribution in [-0.2, 0) is 6.54 Å². The van der Waals surface area contributed by atoms with Gasteiger partial charge in [-0.2, -0.15) is 0 Å². The Bertz CT molecular complexity index is 1200. The summed E-state index contributed by atoms with van der Waals surface area (Å²) in [5, 5.41) is 1.10. The summed E-state index contributed by atoms with van der Waals surface area (Å²) in [5.74, 6) is -0.451. The summed E-state index contributed by atoms with van der Waals surface area (Å²) in [5.41, 5.74) is 6.33. The molecule has 0 unspecified atom stereocenters. The highest BCUT2D eigenvalue weighted by Crippen LogP contribution is 2.31. The second-order valence-electron chi connectivity index (χ2n) is 7.11. The van der Waals surface area contributed by atoms with Crippen LogP contribution in [0.25, 0.3) is 22.2 Å². The highest BCUT2D eigenvalue weighted by molar-refractivity contribution is 6.21. The zero-order valence-corrected chi connectivity index (χ0v) is 15.4. The van der Waals surface area contributed by atoms with Crippen LogP contribution in [0.5, 0.6) is 0 Å². The average molecular weight is 366 g/mol. The van der Waals surface area contributed by atoms with Crippen LogP contribution < -0.4 is 0 Å². The number of fused-ring (bicyclic) bond motifs is 2. The molecule has 1 N–H and O–H groups in total. The Hall–Kier alpha value is -3.66. The molecular formula is C24H18N2O2. The topological polar surface area (TPSA) is 53.2 Å². The van der Waals surface area contributed by atoms with Crippen LogP contribution in [0.15, 0.2) is 72.8 Å². The van der Waals surface area contributed by atoms with E-state index >= 15 is 0 Å². The molecule has 0 saturated carbocycles. The van der Waals surface area contributed by atoms with E-state index in [-0.39, 0.29) is 18.4 Å². The Kier molecular flexibility index (Phi) is 3.66. The predicted molar refractivity (Wildman–Crippen MR) is 109 cm³/mol. The minimum absolute atomic E-state index is 0.225. The number of aromatic amines is 1. The number of carbonyl (C=O) groups is 2. The second kappa shape index (κ2) is 6.20. The first-order valence-electron chi connectivity index (χ1n) is 9.25. The van der Waals surface area contributed by atoms with Crippen LogP contribution in [0, 0.1) is 6.92 Å². The number of hydrogen-bond donors (Lipinski definition) is 1. The molecule has 0 atom stereocenters. The van der Waals surface area contributed by atoms with Gasteiger partial charge < -0.3 is 4.98 Å². The fourth-order valence-electron chi connectivity index (χ4n) is 3.93. The molecule has 4 aromatic rings. The number of imide groups is 1. The second-order valence-corrected chi connectivity index (χ2v) is 7.11. The number of hydrogen-bond acceptors (Lipinski definition) is 2. The summed E-state index contributed by atoms with van der Waals surface area (Å²) in [6, 6.07) is 23.2. The van der Waals surface area contributed by atoms with Crippen LogP contribution in [0.3, 0.4) is 0 Å². The van der Waals surface area contributed by atoms with Gasteiger partial charge in [-0.25, -0.2) is 0 Å². The van der Waals surface area contributed by atoms with Crippen molar-refractivity contribution in [2.24, 2.45) is 0 Å². The summed E-state index contributed by atoms with van der Waals surface area (Å²) in [4.78, 5) is 30.1. The highest BCUT2D eigenvalue weighted by Gasteiger charge is 2.34. The molecule has 2 heterocycles. The monoisotopic (exact) mass is 366 g/mol. The minimum Gasteiger partial charge on any atom is -0.354 e. The number of amides is 2. The van der Waals surface area contributed by atoms with Crippen molar-refractivity contribution in [1.29, 1.82) is 0 Å². The molecule has 28 heavy (non-hydrogen) atoms. The van der Waals surface area contributed by atoms with Gasteiger partial charge in [0.25, 0.3) is 11.8 Å². The normalized spacial score (nSPS) is 13.4. The lowest BCUT2D eigenvalue weighted by molar-refractivity contribution is 0.0642. The Morgan fingerprint density at radius 1 is 0.821 bits per heavy atom. The van der Waals surface area contributed by atoms with Crippen molar-refractivity contribution in [3.63, 3.8) is 0 Å². The first-order chi connectivity index (χ1) is 13.6. The molecule has 4 heteroatoms. The molecule has 0 fully saturated rings. The van der Waals surface area contributed by atoms with Gasteiger partial charge in [0.2, 0.25) is 0 Å². The molecule has 4 nitrogen and oxygen atoms in total. The standard InChI is InChI=1S/C24H18N2O2/c1-15-20-13-16(11-12-21(20)25-22(15)17-7-3-2-4-8-17)14-26-23(27)18-9-5-6-10-19(18)24(26)28/h2-13,25H,14H2,1H3. The van der Waals surface area contributed by atoms with Gasteiger partial charge in [-0.3, -0.25) is 14.5 Å². The summed E-state index contributed by atoms with van der Waals surface area (Å²) < 4.78 is 0. The molecule has 0 aliphatic carbocycles. The Morgan fingerprint density at radius 3 is 2.14 bits per heavy atom. The number of aryl methyl sites for hydroxylation is 1. The number of nitrogens with one attached hydrogen (secondary N) is 1. The van der Waals surface area contributed by atoms with Crippen molar-refractivity contribution < 1.29 is 9.59 Å². The van der Waals surface area contributed by atoms with Crippen LogP contribution in [-0.4, -0.2) is 21.7 Å². The van der Waals surface area contributed by atoms with E-state index in [0.717, 1.165) is 33.3 Å². The molecule has 136 valence electrons. The average Bonchev–Trinajstić information content (AvgIpc) is 3.19. The lowest BCUT2D eigenvalue weighted by atomic mass is 10.0. The maximum absolute atomic E-state index is 12.6. The Labute approximate surface area is 162 Å². The molecule has 0 saturated heterocycles. The smallest absolute Gasteiger partial charge is 0.261 e. The third-order valence-corrected chi connectivity index (χ3v) is 5.40. The SMILES string of the molecule is Cc1c(-c2ccccc2)[nH]c2ccc(CN3C(=O)c4ccccc4C3=O)cc12. The van der Waals surface area contributed by atoms with Crippen molar-refractivity contribution in [3.05, 3.63) is 95.1 Å². The third kappa shape index (κ3) is 2.46. The van der Waals surface area contributed by atoms with Gasteiger partial charge in [0, 0.05) is 16.6 Å². The van der Waals surface area contributed by atoms with E-state index in [9.17, 15) is 9.59 Å². The maximum Gasteiger partial charge on any atom is 0.261 e. The van der Waals surface area contributed by atoms with Crippen LogP contribution in [0.4, 0.5) is 0 Å². The Balaban J connectivity index is 1.51. The van der Waals surface area contributed by atoms with Gasteiger partial charge in [-0.05, 0) is 47.9 Å². The zero-order chi connectivity index (χ0) is 19.3. The quantitative estimate of drug-likeness (QED) is 0.522. The lowest BCUT2D eigenvalue weighted by Gasteiger charge is -2.14. The Morgan fingerprint density at radius 2 is 1.46 bits per heavy atom. The zero-order valence-electron chi connectivity index (χ0n) is 15.4. The molecule has 0 radical (unpaired) electrons. The van der Waals surface area contributed by atoms with Gasteiger partial charge in [-0.1, -0.05) is 48.5 Å². The molecule has 1 aliphatic rings. The van der Waals surface area contributed by atoms with Crippen molar-refractivity contribution >= 4 is 22.7 Å². The predicted octanol–water partition coefficient (Wildman–Crippen LogP) is 4.94. The summed E-state index contributed by atoms with van der Waals surface area (Å²) in [6.45, 7) is 2.36. The van der Waals surface area contributed by atoms with Gasteiger partial charge in [0.15, 0.2) is 0 Å². The van der Waals surface area contributed by atoms with Gasteiger partial charge in [0.1, 0.15) is 0 Å². The molecule has 2 amide bonds. The number of carbonyl (C=O) groups excluding carboxylic acids is 2.